The van der Waals surface area contributed by atoms with Gasteiger partial charge in [0.25, 0.3) is 0 Å². The molecule has 0 amide bonds. The van der Waals surface area contributed by atoms with Gasteiger partial charge in [-0.15, -0.1) is 11.8 Å². The monoisotopic (exact) mass is 282 g/mol. The van der Waals surface area contributed by atoms with E-state index in [2.05, 4.69) is 22.3 Å². The van der Waals surface area contributed by atoms with Gasteiger partial charge in [-0.3, -0.25) is 0 Å². The molecule has 1 aliphatic rings. The SMILES string of the molecule is CCCc1nc(NN)c(C)c(SCC2CCCO2)n1. The van der Waals surface area contributed by atoms with E-state index < -0.39 is 0 Å². The van der Waals surface area contributed by atoms with Crippen LogP contribution < -0.4 is 11.3 Å². The summed E-state index contributed by atoms with van der Waals surface area (Å²) < 4.78 is 5.64. The summed E-state index contributed by atoms with van der Waals surface area (Å²) in [5, 5.41) is 1.02. The standard InChI is InChI=1S/C13H22N4OS/c1-3-5-11-15-12(17-14)9(2)13(16-11)19-8-10-6-4-7-18-10/h10H,3-8,14H2,1-2H3,(H,15,16,17). The summed E-state index contributed by atoms with van der Waals surface area (Å²) in [6, 6.07) is 0. The van der Waals surface area contributed by atoms with Crippen LogP contribution in [-0.4, -0.2) is 28.4 Å². The highest BCUT2D eigenvalue weighted by Gasteiger charge is 2.17. The Labute approximate surface area is 118 Å². The molecule has 0 bridgehead atoms. The molecular formula is C13H22N4OS. The van der Waals surface area contributed by atoms with Crippen LogP contribution in [0.25, 0.3) is 0 Å². The van der Waals surface area contributed by atoms with Gasteiger partial charge in [0.1, 0.15) is 16.7 Å². The van der Waals surface area contributed by atoms with E-state index in [-0.39, 0.29) is 0 Å². The zero-order chi connectivity index (χ0) is 13.7. The molecule has 0 radical (unpaired) electrons. The molecule has 0 spiro atoms. The number of ether oxygens (including phenoxy) is 1. The second-order valence-electron chi connectivity index (χ2n) is 4.76. The van der Waals surface area contributed by atoms with Gasteiger partial charge in [-0.1, -0.05) is 6.92 Å². The van der Waals surface area contributed by atoms with Crippen molar-refractivity contribution in [1.82, 2.24) is 9.97 Å². The molecule has 2 rings (SSSR count). The number of hydrazine groups is 1. The Morgan fingerprint density at radius 2 is 2.32 bits per heavy atom. The second kappa shape index (κ2) is 7.07. The third kappa shape index (κ3) is 3.81. The van der Waals surface area contributed by atoms with Gasteiger partial charge in [0.05, 0.1) is 6.10 Å². The van der Waals surface area contributed by atoms with Gasteiger partial charge >= 0.3 is 0 Å². The first kappa shape index (κ1) is 14.6. The van der Waals surface area contributed by atoms with Crippen LogP contribution in [0.4, 0.5) is 5.82 Å². The number of rotatable bonds is 6. The van der Waals surface area contributed by atoms with Gasteiger partial charge in [-0.25, -0.2) is 15.8 Å². The Balaban J connectivity index is 2.09. The second-order valence-corrected chi connectivity index (χ2v) is 5.77. The zero-order valence-corrected chi connectivity index (χ0v) is 12.4. The van der Waals surface area contributed by atoms with Crippen molar-refractivity contribution < 1.29 is 4.74 Å². The summed E-state index contributed by atoms with van der Waals surface area (Å²) in [5.41, 5.74) is 3.69. The average Bonchev–Trinajstić information content (AvgIpc) is 2.92. The summed E-state index contributed by atoms with van der Waals surface area (Å²) in [5.74, 6) is 8.07. The highest BCUT2D eigenvalue weighted by atomic mass is 32.2. The number of hydrogen-bond donors (Lipinski definition) is 2. The average molecular weight is 282 g/mol. The Morgan fingerprint density at radius 1 is 1.47 bits per heavy atom. The van der Waals surface area contributed by atoms with Crippen molar-refractivity contribution in [3.8, 4) is 0 Å². The number of anilines is 1. The van der Waals surface area contributed by atoms with Gasteiger partial charge in [-0.2, -0.15) is 0 Å². The number of aromatic nitrogens is 2. The lowest BCUT2D eigenvalue weighted by Crippen LogP contribution is -2.14. The Hall–Kier alpha value is -0.850. The maximum Gasteiger partial charge on any atom is 0.147 e. The fourth-order valence-electron chi connectivity index (χ4n) is 2.10. The van der Waals surface area contributed by atoms with Crippen LogP contribution in [0.3, 0.4) is 0 Å². The molecule has 0 aromatic carbocycles. The van der Waals surface area contributed by atoms with E-state index >= 15 is 0 Å². The predicted molar refractivity (Wildman–Crippen MR) is 78.3 cm³/mol. The molecule has 5 nitrogen and oxygen atoms in total. The summed E-state index contributed by atoms with van der Waals surface area (Å²) in [6.45, 7) is 5.02. The fraction of sp³-hybridized carbons (Fsp3) is 0.692. The minimum atomic E-state index is 0.364. The minimum absolute atomic E-state index is 0.364. The molecule has 1 aromatic rings. The van der Waals surface area contributed by atoms with Crippen LogP contribution in [-0.2, 0) is 11.2 Å². The molecule has 1 fully saturated rings. The predicted octanol–water partition coefficient (Wildman–Crippen LogP) is 2.29. The van der Waals surface area contributed by atoms with Crippen LogP contribution in [0, 0.1) is 6.92 Å². The van der Waals surface area contributed by atoms with Gasteiger partial charge < -0.3 is 10.2 Å². The summed E-state index contributed by atoms with van der Waals surface area (Å²) in [7, 11) is 0. The lowest BCUT2D eigenvalue weighted by molar-refractivity contribution is 0.129. The molecule has 0 aliphatic carbocycles. The van der Waals surface area contributed by atoms with E-state index in [1.165, 1.54) is 6.42 Å². The molecule has 6 heteroatoms. The molecule has 1 saturated heterocycles. The van der Waals surface area contributed by atoms with Crippen molar-refractivity contribution >= 4 is 17.6 Å². The molecule has 19 heavy (non-hydrogen) atoms. The van der Waals surface area contributed by atoms with E-state index in [1.54, 1.807) is 11.8 Å². The van der Waals surface area contributed by atoms with Crippen LogP contribution in [0.1, 0.15) is 37.6 Å². The molecule has 1 atom stereocenters. The normalized spacial score (nSPS) is 18.8. The lowest BCUT2D eigenvalue weighted by atomic mass is 10.3. The molecule has 3 N–H and O–H groups in total. The lowest BCUT2D eigenvalue weighted by Gasteiger charge is -2.13. The van der Waals surface area contributed by atoms with Crippen LogP contribution in [0.2, 0.25) is 0 Å². The first-order valence-corrected chi connectivity index (χ1v) is 7.81. The third-order valence-electron chi connectivity index (χ3n) is 3.19. The van der Waals surface area contributed by atoms with E-state index in [1.807, 2.05) is 6.92 Å². The van der Waals surface area contributed by atoms with Crippen molar-refractivity contribution in [2.75, 3.05) is 17.8 Å². The maximum absolute atomic E-state index is 5.64. The molecule has 1 aliphatic heterocycles. The quantitative estimate of drug-likeness (QED) is 0.361. The van der Waals surface area contributed by atoms with Gasteiger partial charge in [-0.05, 0) is 26.2 Å². The van der Waals surface area contributed by atoms with E-state index in [4.69, 9.17) is 10.6 Å². The molecule has 106 valence electrons. The molecule has 1 unspecified atom stereocenters. The smallest absolute Gasteiger partial charge is 0.147 e. The largest absolute Gasteiger partial charge is 0.377 e. The third-order valence-corrected chi connectivity index (χ3v) is 4.40. The first-order chi connectivity index (χ1) is 9.24. The molecular weight excluding hydrogens is 260 g/mol. The van der Waals surface area contributed by atoms with Crippen molar-refractivity contribution in [2.24, 2.45) is 5.84 Å². The van der Waals surface area contributed by atoms with Crippen molar-refractivity contribution in [3.63, 3.8) is 0 Å². The van der Waals surface area contributed by atoms with Crippen LogP contribution >= 0.6 is 11.8 Å². The number of nitrogen functional groups attached to an aromatic ring is 1. The van der Waals surface area contributed by atoms with Gasteiger partial charge in [0, 0.05) is 24.3 Å². The van der Waals surface area contributed by atoms with E-state index in [0.717, 1.165) is 53.9 Å². The first-order valence-electron chi connectivity index (χ1n) is 6.83. The van der Waals surface area contributed by atoms with E-state index in [9.17, 15) is 0 Å². The Morgan fingerprint density at radius 3 is 2.95 bits per heavy atom. The number of thioether (sulfide) groups is 1. The topological polar surface area (TPSA) is 73.1 Å². The number of aryl methyl sites for hydroxylation is 1. The zero-order valence-electron chi connectivity index (χ0n) is 11.6. The summed E-state index contributed by atoms with van der Waals surface area (Å²) in [4.78, 5) is 9.06. The van der Waals surface area contributed by atoms with Crippen molar-refractivity contribution in [2.45, 2.75) is 50.7 Å². The van der Waals surface area contributed by atoms with Crippen molar-refractivity contribution in [1.29, 1.82) is 0 Å². The van der Waals surface area contributed by atoms with Crippen molar-refractivity contribution in [3.05, 3.63) is 11.4 Å². The number of nitrogens with zero attached hydrogens (tertiary/aromatic N) is 2. The number of nitrogens with one attached hydrogen (secondary N) is 1. The highest BCUT2D eigenvalue weighted by molar-refractivity contribution is 7.99. The Kier molecular flexibility index (Phi) is 5.42. The number of nitrogens with two attached hydrogens (primary N) is 1. The maximum atomic E-state index is 5.64. The van der Waals surface area contributed by atoms with Crippen LogP contribution in [0.5, 0.6) is 0 Å². The number of hydrogen-bond acceptors (Lipinski definition) is 6. The molecule has 0 saturated carbocycles. The highest BCUT2D eigenvalue weighted by Crippen LogP contribution is 2.28. The fourth-order valence-corrected chi connectivity index (χ4v) is 3.19. The molecule has 1 aromatic heterocycles. The summed E-state index contributed by atoms with van der Waals surface area (Å²) in [6.07, 6.45) is 4.60. The van der Waals surface area contributed by atoms with E-state index in [0.29, 0.717) is 6.10 Å². The Bertz CT molecular complexity index is 421. The van der Waals surface area contributed by atoms with Gasteiger partial charge in [0.15, 0.2) is 0 Å². The van der Waals surface area contributed by atoms with Gasteiger partial charge in [0.2, 0.25) is 0 Å². The summed E-state index contributed by atoms with van der Waals surface area (Å²) >= 11 is 1.74. The minimum Gasteiger partial charge on any atom is -0.377 e. The molecule has 2 heterocycles. The van der Waals surface area contributed by atoms with Crippen LogP contribution in [0.15, 0.2) is 5.03 Å².